The molecule has 0 aliphatic rings. The van der Waals surface area contributed by atoms with E-state index in [0.29, 0.717) is 6.54 Å². The van der Waals surface area contributed by atoms with Gasteiger partial charge in [0, 0.05) is 18.9 Å². The van der Waals surface area contributed by atoms with Crippen LogP contribution in [0.3, 0.4) is 0 Å². The zero-order valence-electron chi connectivity index (χ0n) is 10.4. The summed E-state index contributed by atoms with van der Waals surface area (Å²) < 4.78 is 1.96. The van der Waals surface area contributed by atoms with Crippen molar-refractivity contribution in [3.05, 3.63) is 66.5 Å². The van der Waals surface area contributed by atoms with E-state index in [1.54, 1.807) is 6.20 Å². The number of pyridine rings is 1. The minimum absolute atomic E-state index is 0.460. The zero-order valence-corrected chi connectivity index (χ0v) is 10.4. The first-order valence-electron chi connectivity index (χ1n) is 6.23. The van der Waals surface area contributed by atoms with Crippen LogP contribution in [0.4, 0.5) is 5.82 Å². The molecule has 4 nitrogen and oxygen atoms in total. The molecule has 2 N–H and O–H groups in total. The lowest BCUT2D eigenvalue weighted by Crippen LogP contribution is -2.13. The number of aliphatic hydroxyl groups is 1. The molecule has 0 fully saturated rings. The van der Waals surface area contributed by atoms with Gasteiger partial charge in [0.15, 0.2) is 0 Å². The third-order valence-electron chi connectivity index (χ3n) is 3.09. The number of imidazole rings is 1. The second kappa shape index (κ2) is 5.12. The van der Waals surface area contributed by atoms with Gasteiger partial charge < -0.3 is 10.4 Å². The molecule has 0 aliphatic carbocycles. The van der Waals surface area contributed by atoms with Gasteiger partial charge in [0.25, 0.3) is 0 Å². The fraction of sp³-hybridized carbons (Fsp3) is 0.133. The Bertz CT molecular complexity index is 663. The number of fused-ring (bicyclic) bond motifs is 1. The maximum Gasteiger partial charge on any atom is 0.138 e. The van der Waals surface area contributed by atoms with E-state index in [4.69, 9.17) is 0 Å². The Morgan fingerprint density at radius 2 is 1.95 bits per heavy atom. The first-order chi connectivity index (χ1) is 9.34. The van der Waals surface area contributed by atoms with Crippen molar-refractivity contribution >= 4 is 11.5 Å². The van der Waals surface area contributed by atoms with Gasteiger partial charge >= 0.3 is 0 Å². The number of benzene rings is 1. The Morgan fingerprint density at radius 1 is 1.11 bits per heavy atom. The van der Waals surface area contributed by atoms with E-state index in [1.165, 1.54) is 0 Å². The molecule has 3 aromatic rings. The van der Waals surface area contributed by atoms with Gasteiger partial charge in [-0.1, -0.05) is 36.4 Å². The standard InChI is InChI=1S/C15H15N3O/c19-13(12-5-2-1-3-6-12)11-17-15-8-4-7-14-16-9-10-18(14)15/h1-10,13,17,19H,11H2. The molecule has 0 saturated carbocycles. The molecule has 0 bridgehead atoms. The van der Waals surface area contributed by atoms with E-state index in [2.05, 4.69) is 10.3 Å². The summed E-state index contributed by atoms with van der Waals surface area (Å²) in [6.07, 6.45) is 3.13. The fourth-order valence-corrected chi connectivity index (χ4v) is 2.09. The lowest BCUT2D eigenvalue weighted by Gasteiger charge is -2.14. The van der Waals surface area contributed by atoms with Crippen LogP contribution >= 0.6 is 0 Å². The number of anilines is 1. The summed E-state index contributed by atoms with van der Waals surface area (Å²) in [5.41, 5.74) is 1.80. The third kappa shape index (κ3) is 2.44. The van der Waals surface area contributed by atoms with Crippen LogP contribution < -0.4 is 5.32 Å². The molecule has 1 aromatic carbocycles. The molecule has 1 atom stereocenters. The molecule has 4 heteroatoms. The van der Waals surface area contributed by atoms with Gasteiger partial charge in [0.05, 0.1) is 6.10 Å². The summed E-state index contributed by atoms with van der Waals surface area (Å²) in [4.78, 5) is 4.23. The van der Waals surface area contributed by atoms with Crippen LogP contribution in [0.25, 0.3) is 5.65 Å². The van der Waals surface area contributed by atoms with Gasteiger partial charge in [-0.3, -0.25) is 4.40 Å². The highest BCUT2D eigenvalue weighted by atomic mass is 16.3. The van der Waals surface area contributed by atoms with Crippen LogP contribution in [0.15, 0.2) is 60.9 Å². The van der Waals surface area contributed by atoms with Gasteiger partial charge in [0.2, 0.25) is 0 Å². The van der Waals surface area contributed by atoms with Crippen LogP contribution in [0.2, 0.25) is 0 Å². The molecule has 96 valence electrons. The van der Waals surface area contributed by atoms with Crippen molar-refractivity contribution in [1.29, 1.82) is 0 Å². The summed E-state index contributed by atoms with van der Waals surface area (Å²) in [6, 6.07) is 15.5. The SMILES string of the molecule is OC(CNc1cccc2nccn12)c1ccccc1. The van der Waals surface area contributed by atoms with Crippen molar-refractivity contribution in [2.45, 2.75) is 6.10 Å². The van der Waals surface area contributed by atoms with Crippen LogP contribution in [0, 0.1) is 0 Å². The number of aromatic nitrogens is 2. The van der Waals surface area contributed by atoms with E-state index in [1.807, 2.05) is 59.1 Å². The average molecular weight is 253 g/mol. The fourth-order valence-electron chi connectivity index (χ4n) is 2.09. The van der Waals surface area contributed by atoms with E-state index in [-0.39, 0.29) is 0 Å². The van der Waals surface area contributed by atoms with Crippen molar-refractivity contribution in [3.8, 4) is 0 Å². The van der Waals surface area contributed by atoms with Crippen molar-refractivity contribution in [3.63, 3.8) is 0 Å². The number of aliphatic hydroxyl groups excluding tert-OH is 1. The minimum atomic E-state index is -0.528. The Labute approximate surface area is 111 Å². The smallest absolute Gasteiger partial charge is 0.138 e. The van der Waals surface area contributed by atoms with E-state index < -0.39 is 6.10 Å². The summed E-state index contributed by atoms with van der Waals surface area (Å²) in [5, 5.41) is 13.4. The predicted octanol–water partition coefficient (Wildman–Crippen LogP) is 2.48. The Morgan fingerprint density at radius 3 is 2.79 bits per heavy atom. The molecule has 2 heterocycles. The summed E-state index contributed by atoms with van der Waals surface area (Å²) >= 11 is 0. The molecule has 3 rings (SSSR count). The second-order valence-corrected chi connectivity index (χ2v) is 4.37. The number of nitrogens with one attached hydrogen (secondary N) is 1. The highest BCUT2D eigenvalue weighted by Crippen LogP contribution is 2.15. The molecule has 0 saturated heterocycles. The van der Waals surface area contributed by atoms with Crippen LogP contribution in [0.5, 0.6) is 0 Å². The highest BCUT2D eigenvalue weighted by Gasteiger charge is 2.07. The van der Waals surface area contributed by atoms with Gasteiger partial charge in [-0.15, -0.1) is 0 Å². The highest BCUT2D eigenvalue weighted by molar-refractivity contribution is 5.49. The maximum atomic E-state index is 10.1. The quantitative estimate of drug-likeness (QED) is 0.751. The first-order valence-corrected chi connectivity index (χ1v) is 6.23. The molecule has 1 unspecified atom stereocenters. The zero-order chi connectivity index (χ0) is 13.1. The van der Waals surface area contributed by atoms with Crippen LogP contribution in [-0.4, -0.2) is 21.0 Å². The average Bonchev–Trinajstić information content (AvgIpc) is 2.94. The van der Waals surface area contributed by atoms with E-state index >= 15 is 0 Å². The molecule has 19 heavy (non-hydrogen) atoms. The van der Waals surface area contributed by atoms with Gasteiger partial charge in [0.1, 0.15) is 11.5 Å². The summed E-state index contributed by atoms with van der Waals surface area (Å²) in [6.45, 7) is 0.460. The topological polar surface area (TPSA) is 49.6 Å². The van der Waals surface area contributed by atoms with Crippen molar-refractivity contribution in [1.82, 2.24) is 9.38 Å². The molecule has 2 aromatic heterocycles. The number of nitrogens with zero attached hydrogens (tertiary/aromatic N) is 2. The van der Waals surface area contributed by atoms with Crippen LogP contribution in [0.1, 0.15) is 11.7 Å². The third-order valence-corrected chi connectivity index (χ3v) is 3.09. The van der Waals surface area contributed by atoms with Gasteiger partial charge in [-0.2, -0.15) is 0 Å². The second-order valence-electron chi connectivity index (χ2n) is 4.37. The van der Waals surface area contributed by atoms with Crippen LogP contribution in [-0.2, 0) is 0 Å². The number of hydrogen-bond acceptors (Lipinski definition) is 3. The monoisotopic (exact) mass is 253 g/mol. The Kier molecular flexibility index (Phi) is 3.16. The minimum Gasteiger partial charge on any atom is -0.387 e. The number of hydrogen-bond donors (Lipinski definition) is 2. The predicted molar refractivity (Wildman–Crippen MR) is 75.1 cm³/mol. The Hall–Kier alpha value is -2.33. The van der Waals surface area contributed by atoms with Crippen molar-refractivity contribution in [2.75, 3.05) is 11.9 Å². The van der Waals surface area contributed by atoms with Crippen molar-refractivity contribution < 1.29 is 5.11 Å². The molecule has 0 aliphatic heterocycles. The van der Waals surface area contributed by atoms with Gasteiger partial charge in [-0.05, 0) is 17.7 Å². The molecular weight excluding hydrogens is 238 g/mol. The largest absolute Gasteiger partial charge is 0.387 e. The summed E-state index contributed by atoms with van der Waals surface area (Å²) in [7, 11) is 0. The summed E-state index contributed by atoms with van der Waals surface area (Å²) in [5.74, 6) is 0.921. The molecule has 0 amide bonds. The van der Waals surface area contributed by atoms with E-state index in [9.17, 15) is 5.11 Å². The van der Waals surface area contributed by atoms with Crippen molar-refractivity contribution in [2.24, 2.45) is 0 Å². The number of rotatable bonds is 4. The molecule has 0 spiro atoms. The van der Waals surface area contributed by atoms with E-state index in [0.717, 1.165) is 17.0 Å². The van der Waals surface area contributed by atoms with Gasteiger partial charge in [-0.25, -0.2) is 4.98 Å². The maximum absolute atomic E-state index is 10.1. The first kappa shape index (κ1) is 11.7. The normalized spacial score (nSPS) is 12.5. The Balaban J connectivity index is 1.74. The lowest BCUT2D eigenvalue weighted by molar-refractivity contribution is 0.191. The molecule has 0 radical (unpaired) electrons. The lowest BCUT2D eigenvalue weighted by atomic mass is 10.1. The molecular formula is C15H15N3O.